The summed E-state index contributed by atoms with van der Waals surface area (Å²) in [5.41, 5.74) is 0.707. The number of anilines is 1. The number of carboxylic acids is 1. The van der Waals surface area contributed by atoms with E-state index in [4.69, 9.17) is 5.11 Å². The summed E-state index contributed by atoms with van der Waals surface area (Å²) in [4.78, 5) is 27.8. The average Bonchev–Trinajstić information content (AvgIpc) is 2.43. The zero-order valence-electron chi connectivity index (χ0n) is 11.2. The Kier molecular flexibility index (Phi) is 5.78. The molecule has 1 heterocycles. The second-order valence-electron chi connectivity index (χ2n) is 4.38. The molecule has 0 aliphatic carbocycles. The molecule has 6 heteroatoms. The van der Waals surface area contributed by atoms with E-state index in [1.165, 1.54) is 4.90 Å². The summed E-state index contributed by atoms with van der Waals surface area (Å²) in [6.45, 7) is 2.12. The maximum atomic E-state index is 11.8. The molecule has 0 aromatic carbocycles. The number of carbonyl (C=O) groups excluding carboxylic acids is 1. The lowest BCUT2D eigenvalue weighted by Crippen LogP contribution is -2.37. The number of nitrogens with one attached hydrogen (secondary N) is 1. The second kappa shape index (κ2) is 7.35. The van der Waals surface area contributed by atoms with E-state index in [-0.39, 0.29) is 11.9 Å². The van der Waals surface area contributed by atoms with Crippen LogP contribution in [0, 0.1) is 5.92 Å². The van der Waals surface area contributed by atoms with Crippen molar-refractivity contribution >= 4 is 17.7 Å². The van der Waals surface area contributed by atoms with Crippen molar-refractivity contribution in [1.82, 2.24) is 10.3 Å². The standard InChI is InChI=1S/C13H19N3O3/c1-10(12(17)18)5-3-8-15-13(19)16(2)11-6-4-7-14-9-11/h4,6-7,9-10H,3,5,8H2,1-2H3,(H,15,19)(H,17,18). The fraction of sp³-hybridized carbons (Fsp3) is 0.462. The van der Waals surface area contributed by atoms with E-state index in [9.17, 15) is 9.59 Å². The van der Waals surface area contributed by atoms with Gasteiger partial charge in [-0.15, -0.1) is 0 Å². The molecule has 0 spiro atoms. The average molecular weight is 265 g/mol. The van der Waals surface area contributed by atoms with E-state index >= 15 is 0 Å². The Hall–Kier alpha value is -2.11. The first-order valence-electron chi connectivity index (χ1n) is 6.16. The minimum Gasteiger partial charge on any atom is -0.481 e. The quantitative estimate of drug-likeness (QED) is 0.767. The van der Waals surface area contributed by atoms with Crippen LogP contribution in [-0.2, 0) is 4.79 Å². The van der Waals surface area contributed by atoms with Gasteiger partial charge < -0.3 is 10.4 Å². The van der Waals surface area contributed by atoms with E-state index in [0.717, 1.165) is 0 Å². The van der Waals surface area contributed by atoms with Gasteiger partial charge in [-0.3, -0.25) is 14.7 Å². The summed E-state index contributed by atoms with van der Waals surface area (Å²) in [6.07, 6.45) is 4.43. The topological polar surface area (TPSA) is 82.5 Å². The van der Waals surface area contributed by atoms with E-state index in [1.54, 1.807) is 38.5 Å². The van der Waals surface area contributed by atoms with Crippen LogP contribution in [-0.4, -0.2) is 35.7 Å². The number of nitrogens with zero attached hydrogens (tertiary/aromatic N) is 2. The van der Waals surface area contributed by atoms with Crippen LogP contribution in [0.3, 0.4) is 0 Å². The zero-order valence-corrected chi connectivity index (χ0v) is 11.2. The fourth-order valence-corrected chi connectivity index (χ4v) is 1.52. The van der Waals surface area contributed by atoms with E-state index < -0.39 is 5.97 Å². The van der Waals surface area contributed by atoms with E-state index in [0.29, 0.717) is 25.1 Å². The van der Waals surface area contributed by atoms with E-state index in [1.807, 2.05) is 0 Å². The number of hydrogen-bond donors (Lipinski definition) is 2. The first-order valence-corrected chi connectivity index (χ1v) is 6.16. The summed E-state index contributed by atoms with van der Waals surface area (Å²) in [5, 5.41) is 11.5. The Balaban J connectivity index is 2.30. The molecule has 2 N–H and O–H groups in total. The molecule has 0 bridgehead atoms. The highest BCUT2D eigenvalue weighted by molar-refractivity contribution is 5.91. The number of urea groups is 1. The number of hydrogen-bond acceptors (Lipinski definition) is 3. The molecule has 19 heavy (non-hydrogen) atoms. The minimum atomic E-state index is -0.807. The molecule has 0 fully saturated rings. The normalized spacial score (nSPS) is 11.7. The van der Waals surface area contributed by atoms with Gasteiger partial charge in [0.05, 0.1) is 17.8 Å². The molecular formula is C13H19N3O3. The second-order valence-corrected chi connectivity index (χ2v) is 4.38. The summed E-state index contributed by atoms with van der Waals surface area (Å²) in [7, 11) is 1.66. The number of pyridine rings is 1. The van der Waals surface area contributed by atoms with Crippen LogP contribution in [0.1, 0.15) is 19.8 Å². The van der Waals surface area contributed by atoms with Gasteiger partial charge in [0.1, 0.15) is 0 Å². The number of rotatable bonds is 6. The third-order valence-electron chi connectivity index (χ3n) is 2.85. The third kappa shape index (κ3) is 4.95. The molecule has 1 rings (SSSR count). The number of aliphatic carboxylic acids is 1. The van der Waals surface area contributed by atoms with Gasteiger partial charge in [0.2, 0.25) is 0 Å². The highest BCUT2D eigenvalue weighted by Gasteiger charge is 2.12. The highest BCUT2D eigenvalue weighted by Crippen LogP contribution is 2.09. The SMILES string of the molecule is CC(CCCNC(=O)N(C)c1cccnc1)C(=O)O. The Bertz CT molecular complexity index is 422. The molecule has 0 aliphatic rings. The van der Waals surface area contributed by atoms with Gasteiger partial charge in [-0.05, 0) is 25.0 Å². The number of carbonyl (C=O) groups is 2. The van der Waals surface area contributed by atoms with Crippen molar-refractivity contribution in [2.45, 2.75) is 19.8 Å². The Morgan fingerprint density at radius 1 is 1.53 bits per heavy atom. The molecule has 1 aromatic rings. The van der Waals surface area contributed by atoms with Crippen molar-refractivity contribution in [3.63, 3.8) is 0 Å². The van der Waals surface area contributed by atoms with Gasteiger partial charge in [-0.25, -0.2) is 4.79 Å². The van der Waals surface area contributed by atoms with E-state index in [2.05, 4.69) is 10.3 Å². The van der Waals surface area contributed by atoms with Crippen LogP contribution in [0.4, 0.5) is 10.5 Å². The predicted octanol–water partition coefficient (Wildman–Crippen LogP) is 1.73. The zero-order chi connectivity index (χ0) is 14.3. The molecule has 2 amide bonds. The lowest BCUT2D eigenvalue weighted by molar-refractivity contribution is -0.141. The molecule has 0 saturated carbocycles. The van der Waals surface area contributed by atoms with Crippen LogP contribution in [0.15, 0.2) is 24.5 Å². The molecule has 104 valence electrons. The third-order valence-corrected chi connectivity index (χ3v) is 2.85. The first kappa shape index (κ1) is 14.9. The molecule has 1 atom stereocenters. The smallest absolute Gasteiger partial charge is 0.321 e. The Labute approximate surface area is 112 Å². The molecule has 0 aliphatic heterocycles. The fourth-order valence-electron chi connectivity index (χ4n) is 1.52. The maximum Gasteiger partial charge on any atom is 0.321 e. The molecule has 0 radical (unpaired) electrons. The number of aromatic nitrogens is 1. The Morgan fingerprint density at radius 3 is 2.84 bits per heavy atom. The Morgan fingerprint density at radius 2 is 2.26 bits per heavy atom. The summed E-state index contributed by atoms with van der Waals surface area (Å²) in [6, 6.07) is 3.32. The lowest BCUT2D eigenvalue weighted by atomic mass is 10.1. The first-order chi connectivity index (χ1) is 9.02. The van der Waals surface area contributed by atoms with Crippen molar-refractivity contribution in [2.75, 3.05) is 18.5 Å². The van der Waals surface area contributed by atoms with Gasteiger partial charge in [0, 0.05) is 19.8 Å². The number of carboxylic acid groups (broad SMARTS) is 1. The van der Waals surface area contributed by atoms with Crippen molar-refractivity contribution in [3.05, 3.63) is 24.5 Å². The van der Waals surface area contributed by atoms with Gasteiger partial charge in [0.25, 0.3) is 0 Å². The summed E-state index contributed by atoms with van der Waals surface area (Å²) < 4.78 is 0. The van der Waals surface area contributed by atoms with Gasteiger partial charge in [-0.2, -0.15) is 0 Å². The predicted molar refractivity (Wildman–Crippen MR) is 72.1 cm³/mol. The van der Waals surface area contributed by atoms with Crippen molar-refractivity contribution in [1.29, 1.82) is 0 Å². The molecule has 1 unspecified atom stereocenters. The maximum absolute atomic E-state index is 11.8. The monoisotopic (exact) mass is 265 g/mol. The lowest BCUT2D eigenvalue weighted by Gasteiger charge is -2.17. The summed E-state index contributed by atoms with van der Waals surface area (Å²) in [5.74, 6) is -1.19. The summed E-state index contributed by atoms with van der Waals surface area (Å²) >= 11 is 0. The number of amides is 2. The highest BCUT2D eigenvalue weighted by atomic mass is 16.4. The largest absolute Gasteiger partial charge is 0.481 e. The van der Waals surface area contributed by atoms with Crippen LogP contribution in [0.2, 0.25) is 0 Å². The van der Waals surface area contributed by atoms with Crippen molar-refractivity contribution < 1.29 is 14.7 Å². The molecule has 6 nitrogen and oxygen atoms in total. The van der Waals surface area contributed by atoms with Crippen LogP contribution in [0.25, 0.3) is 0 Å². The van der Waals surface area contributed by atoms with Gasteiger partial charge in [0.15, 0.2) is 0 Å². The molecule has 0 saturated heterocycles. The van der Waals surface area contributed by atoms with Gasteiger partial charge >= 0.3 is 12.0 Å². The molecule has 1 aromatic heterocycles. The van der Waals surface area contributed by atoms with Crippen LogP contribution < -0.4 is 10.2 Å². The van der Waals surface area contributed by atoms with Crippen LogP contribution in [0.5, 0.6) is 0 Å². The molecular weight excluding hydrogens is 246 g/mol. The van der Waals surface area contributed by atoms with Crippen molar-refractivity contribution in [3.8, 4) is 0 Å². The van der Waals surface area contributed by atoms with Crippen LogP contribution >= 0.6 is 0 Å². The van der Waals surface area contributed by atoms with Crippen molar-refractivity contribution in [2.24, 2.45) is 5.92 Å². The minimum absolute atomic E-state index is 0.226. The van der Waals surface area contributed by atoms with Gasteiger partial charge in [-0.1, -0.05) is 6.92 Å².